The molecule has 2 rings (SSSR count). The Kier molecular flexibility index (Phi) is 1.85. The molecule has 0 aromatic carbocycles. The molecule has 0 radical (unpaired) electrons. The van der Waals surface area contributed by atoms with Crippen molar-refractivity contribution in [3.05, 3.63) is 23.3 Å². The van der Waals surface area contributed by atoms with Gasteiger partial charge in [0.05, 0.1) is 0 Å². The zero-order valence-corrected chi connectivity index (χ0v) is 7.27. The third-order valence-electron chi connectivity index (χ3n) is 2.73. The van der Waals surface area contributed by atoms with Crippen molar-refractivity contribution in [1.29, 1.82) is 0 Å². The van der Waals surface area contributed by atoms with Crippen LogP contribution in [-0.2, 0) is 0 Å². The van der Waals surface area contributed by atoms with E-state index >= 15 is 0 Å². The lowest BCUT2D eigenvalue weighted by atomic mass is 10.1. The zero-order valence-electron chi connectivity index (χ0n) is 7.27. The highest BCUT2D eigenvalue weighted by Gasteiger charge is 2.15. The molecule has 0 aromatic heterocycles. The predicted molar refractivity (Wildman–Crippen MR) is 48.4 cm³/mol. The second-order valence-electron chi connectivity index (χ2n) is 3.80. The molecule has 0 aromatic rings. The third-order valence-corrected chi connectivity index (χ3v) is 2.73. The lowest BCUT2D eigenvalue weighted by Crippen LogP contribution is -1.80. The van der Waals surface area contributed by atoms with Crippen molar-refractivity contribution in [2.45, 2.75) is 39.0 Å². The largest absolute Gasteiger partial charge is 0.0744 e. The first-order valence-electron chi connectivity index (χ1n) is 4.78. The first-order chi connectivity index (χ1) is 5.36. The van der Waals surface area contributed by atoms with Crippen LogP contribution in [0.4, 0.5) is 0 Å². The Hall–Kier alpha value is -0.520. The van der Waals surface area contributed by atoms with Gasteiger partial charge in [0.25, 0.3) is 0 Å². The normalized spacial score (nSPS) is 25.5. The van der Waals surface area contributed by atoms with Crippen LogP contribution in [0.1, 0.15) is 39.0 Å². The van der Waals surface area contributed by atoms with E-state index in [1.807, 2.05) is 0 Å². The van der Waals surface area contributed by atoms with Crippen LogP contribution in [0.5, 0.6) is 0 Å². The van der Waals surface area contributed by atoms with Gasteiger partial charge in [-0.05, 0) is 42.7 Å². The number of fused-ring (bicyclic) bond motifs is 1. The molecular weight excluding hydrogens is 132 g/mol. The molecule has 0 aliphatic heterocycles. The topological polar surface area (TPSA) is 0 Å². The maximum Gasteiger partial charge on any atom is -0.00700 e. The van der Waals surface area contributed by atoms with Crippen LogP contribution >= 0.6 is 0 Å². The Balaban J connectivity index is 2.19. The van der Waals surface area contributed by atoms with E-state index in [1.165, 1.54) is 32.1 Å². The van der Waals surface area contributed by atoms with Gasteiger partial charge in [0.15, 0.2) is 0 Å². The second kappa shape index (κ2) is 2.84. The van der Waals surface area contributed by atoms with Crippen LogP contribution in [0.25, 0.3) is 0 Å². The van der Waals surface area contributed by atoms with Crippen LogP contribution in [0, 0.1) is 5.92 Å². The van der Waals surface area contributed by atoms with Gasteiger partial charge in [-0.25, -0.2) is 0 Å². The molecule has 0 atom stereocenters. The third kappa shape index (κ3) is 1.40. The molecule has 60 valence electrons. The van der Waals surface area contributed by atoms with E-state index in [4.69, 9.17) is 0 Å². The highest BCUT2D eigenvalue weighted by atomic mass is 14.2. The fourth-order valence-electron chi connectivity index (χ4n) is 2.19. The Morgan fingerprint density at radius 2 is 1.55 bits per heavy atom. The van der Waals surface area contributed by atoms with E-state index < -0.39 is 0 Å². The minimum absolute atomic E-state index is 0.720. The van der Waals surface area contributed by atoms with Gasteiger partial charge in [0.1, 0.15) is 0 Å². The number of allylic oxidation sites excluding steroid dienone is 4. The maximum absolute atomic E-state index is 2.45. The molecule has 0 heterocycles. The van der Waals surface area contributed by atoms with E-state index in [-0.39, 0.29) is 0 Å². The Labute approximate surface area is 69.0 Å². The van der Waals surface area contributed by atoms with Crippen LogP contribution in [0.2, 0.25) is 0 Å². The summed E-state index contributed by atoms with van der Waals surface area (Å²) in [4.78, 5) is 0. The molecule has 0 N–H and O–H groups in total. The molecule has 2 aliphatic rings. The van der Waals surface area contributed by atoms with Crippen molar-refractivity contribution < 1.29 is 0 Å². The maximum atomic E-state index is 2.45. The fraction of sp³-hybridized carbons (Fsp3) is 0.636. The number of rotatable bonds is 0. The summed E-state index contributed by atoms with van der Waals surface area (Å²) in [5, 5.41) is 0. The lowest BCUT2D eigenvalue weighted by molar-refractivity contribution is 0.715. The van der Waals surface area contributed by atoms with Gasteiger partial charge >= 0.3 is 0 Å². The highest BCUT2D eigenvalue weighted by Crippen LogP contribution is 2.33. The van der Waals surface area contributed by atoms with Crippen molar-refractivity contribution in [3.8, 4) is 0 Å². The molecule has 0 spiro atoms. The average Bonchev–Trinajstić information content (AvgIpc) is 2.17. The van der Waals surface area contributed by atoms with Crippen molar-refractivity contribution in [2.75, 3.05) is 0 Å². The van der Waals surface area contributed by atoms with Gasteiger partial charge in [-0.1, -0.05) is 25.5 Å². The van der Waals surface area contributed by atoms with Gasteiger partial charge in [0.2, 0.25) is 0 Å². The molecule has 0 nitrogen and oxygen atoms in total. The van der Waals surface area contributed by atoms with Crippen LogP contribution in [0.3, 0.4) is 0 Å². The van der Waals surface area contributed by atoms with Crippen molar-refractivity contribution >= 4 is 0 Å². The van der Waals surface area contributed by atoms with Crippen molar-refractivity contribution in [1.82, 2.24) is 0 Å². The predicted octanol–water partition coefficient (Wildman–Crippen LogP) is 3.45. The lowest BCUT2D eigenvalue weighted by Gasteiger charge is -2.00. The summed E-state index contributed by atoms with van der Waals surface area (Å²) >= 11 is 0. The van der Waals surface area contributed by atoms with E-state index in [0.29, 0.717) is 0 Å². The smallest absolute Gasteiger partial charge is 0.00700 e. The summed E-state index contributed by atoms with van der Waals surface area (Å²) in [7, 11) is 0. The van der Waals surface area contributed by atoms with Crippen molar-refractivity contribution in [2.24, 2.45) is 5.92 Å². The Morgan fingerprint density at radius 3 is 2.09 bits per heavy atom. The molecule has 1 saturated carbocycles. The van der Waals surface area contributed by atoms with Gasteiger partial charge < -0.3 is 0 Å². The Bertz CT molecular complexity index is 186. The molecule has 11 heavy (non-hydrogen) atoms. The summed E-state index contributed by atoms with van der Waals surface area (Å²) in [6.45, 7) is 2.29. The van der Waals surface area contributed by atoms with Crippen molar-refractivity contribution in [3.63, 3.8) is 0 Å². The van der Waals surface area contributed by atoms with Crippen LogP contribution < -0.4 is 0 Å². The van der Waals surface area contributed by atoms with E-state index in [9.17, 15) is 0 Å². The highest BCUT2D eigenvalue weighted by molar-refractivity contribution is 5.39. The van der Waals surface area contributed by atoms with Gasteiger partial charge in [-0.2, -0.15) is 0 Å². The summed E-state index contributed by atoms with van der Waals surface area (Å²) in [5.74, 6) is 0.720. The van der Waals surface area contributed by atoms with E-state index in [2.05, 4.69) is 19.1 Å². The number of hydrogen-bond donors (Lipinski definition) is 0. The monoisotopic (exact) mass is 148 g/mol. The van der Waals surface area contributed by atoms with Crippen LogP contribution in [0.15, 0.2) is 23.3 Å². The summed E-state index contributed by atoms with van der Waals surface area (Å²) in [5.41, 5.74) is 3.32. The van der Waals surface area contributed by atoms with Gasteiger partial charge in [-0.3, -0.25) is 0 Å². The summed E-state index contributed by atoms with van der Waals surface area (Å²) in [6, 6.07) is 0. The quantitative estimate of drug-likeness (QED) is 0.493. The summed E-state index contributed by atoms with van der Waals surface area (Å²) in [6.07, 6.45) is 11.8. The SMILES string of the molecule is CC1C=C2CCCCCC2=C1. The fourth-order valence-corrected chi connectivity index (χ4v) is 2.19. The molecule has 0 saturated heterocycles. The van der Waals surface area contributed by atoms with Crippen LogP contribution in [-0.4, -0.2) is 0 Å². The Morgan fingerprint density at radius 1 is 1.00 bits per heavy atom. The molecule has 2 aliphatic carbocycles. The zero-order chi connectivity index (χ0) is 7.68. The molecular formula is C11H16. The van der Waals surface area contributed by atoms with Gasteiger partial charge in [0, 0.05) is 0 Å². The standard InChI is InChI=1S/C11H16/c1-9-7-10-5-3-2-4-6-11(10)8-9/h7-9H,2-6H2,1H3. The molecule has 0 unspecified atom stereocenters. The number of hydrogen-bond acceptors (Lipinski definition) is 0. The first kappa shape index (κ1) is 7.15. The van der Waals surface area contributed by atoms with Gasteiger partial charge in [-0.15, -0.1) is 0 Å². The summed E-state index contributed by atoms with van der Waals surface area (Å²) < 4.78 is 0. The average molecular weight is 148 g/mol. The minimum Gasteiger partial charge on any atom is -0.0744 e. The molecule has 0 bridgehead atoms. The van der Waals surface area contributed by atoms with E-state index in [0.717, 1.165) is 5.92 Å². The second-order valence-corrected chi connectivity index (χ2v) is 3.80. The first-order valence-corrected chi connectivity index (χ1v) is 4.78. The molecule has 0 amide bonds. The molecule has 0 heteroatoms. The molecule has 1 fully saturated rings. The van der Waals surface area contributed by atoms with E-state index in [1.54, 1.807) is 11.1 Å². The minimum atomic E-state index is 0.720.